The van der Waals surface area contributed by atoms with Gasteiger partial charge in [0.05, 0.1) is 11.7 Å². The van der Waals surface area contributed by atoms with Crippen molar-refractivity contribution in [3.63, 3.8) is 0 Å². The molecule has 0 radical (unpaired) electrons. The number of carbonyl (C=O) groups is 1. The summed E-state index contributed by atoms with van der Waals surface area (Å²) in [5.41, 5.74) is 2.63. The molecule has 148 valence electrons. The van der Waals surface area contributed by atoms with Crippen molar-refractivity contribution in [3.05, 3.63) is 95.6 Å². The minimum Gasteiger partial charge on any atom is -0.484 e. The highest BCUT2D eigenvalue weighted by atomic mass is 19.1. The molecule has 4 rings (SSSR count). The Bertz CT molecular complexity index is 977. The summed E-state index contributed by atoms with van der Waals surface area (Å²) in [6.07, 6.45) is 2.38. The number of amides is 1. The van der Waals surface area contributed by atoms with E-state index in [9.17, 15) is 9.18 Å². The van der Waals surface area contributed by atoms with Gasteiger partial charge in [0.1, 0.15) is 11.6 Å². The highest BCUT2D eigenvalue weighted by molar-refractivity contribution is 5.78. The van der Waals surface area contributed by atoms with Gasteiger partial charge in [-0.3, -0.25) is 9.78 Å². The number of para-hydroxylation sites is 1. The highest BCUT2D eigenvalue weighted by Gasteiger charge is 2.31. The minimum absolute atomic E-state index is 0.0174. The van der Waals surface area contributed by atoms with Crippen molar-refractivity contribution < 1.29 is 13.9 Å². The summed E-state index contributed by atoms with van der Waals surface area (Å²) < 4.78 is 19.1. The average molecular weight is 390 g/mol. The zero-order valence-corrected chi connectivity index (χ0v) is 16.1. The van der Waals surface area contributed by atoms with Crippen molar-refractivity contribution in [2.45, 2.75) is 25.3 Å². The maximum atomic E-state index is 13.5. The molecule has 5 heteroatoms. The topological polar surface area (TPSA) is 42.4 Å². The zero-order valence-electron chi connectivity index (χ0n) is 16.1. The number of hydrogen-bond donors (Lipinski definition) is 0. The SMILES string of the molecule is O=C(COc1ccccc1)N1CCC[C@H]1c1cccc(Cc2cccc(F)c2)n1. The van der Waals surface area contributed by atoms with Crippen LogP contribution in [0.1, 0.15) is 35.8 Å². The maximum Gasteiger partial charge on any atom is 0.261 e. The zero-order chi connectivity index (χ0) is 20.1. The first-order valence-corrected chi connectivity index (χ1v) is 9.86. The van der Waals surface area contributed by atoms with E-state index < -0.39 is 0 Å². The van der Waals surface area contributed by atoms with Crippen LogP contribution < -0.4 is 4.74 Å². The molecule has 0 aliphatic carbocycles. The molecule has 0 bridgehead atoms. The number of pyridine rings is 1. The summed E-state index contributed by atoms with van der Waals surface area (Å²) in [4.78, 5) is 19.4. The Labute approximate surface area is 170 Å². The van der Waals surface area contributed by atoms with Crippen LogP contribution in [0.25, 0.3) is 0 Å². The first kappa shape index (κ1) is 19.1. The molecule has 2 heterocycles. The Morgan fingerprint density at radius 1 is 1.07 bits per heavy atom. The molecular formula is C24H23FN2O2. The predicted molar refractivity (Wildman–Crippen MR) is 109 cm³/mol. The minimum atomic E-state index is -0.246. The van der Waals surface area contributed by atoms with E-state index in [0.29, 0.717) is 18.7 Å². The molecule has 1 fully saturated rings. The second-order valence-electron chi connectivity index (χ2n) is 7.21. The molecular weight excluding hydrogens is 367 g/mol. The lowest BCUT2D eigenvalue weighted by molar-refractivity contribution is -0.134. The number of benzene rings is 2. The van der Waals surface area contributed by atoms with Gasteiger partial charge < -0.3 is 9.64 Å². The Morgan fingerprint density at radius 3 is 2.72 bits per heavy atom. The highest BCUT2D eigenvalue weighted by Crippen LogP contribution is 2.31. The Kier molecular flexibility index (Phi) is 5.84. The molecule has 4 nitrogen and oxygen atoms in total. The average Bonchev–Trinajstić information content (AvgIpc) is 3.23. The third-order valence-corrected chi connectivity index (χ3v) is 5.12. The summed E-state index contributed by atoms with van der Waals surface area (Å²) in [6.45, 7) is 0.723. The van der Waals surface area contributed by atoms with E-state index in [4.69, 9.17) is 9.72 Å². The summed E-state index contributed by atoms with van der Waals surface area (Å²) >= 11 is 0. The van der Waals surface area contributed by atoms with E-state index in [1.54, 1.807) is 6.07 Å². The van der Waals surface area contributed by atoms with Crippen LogP contribution >= 0.6 is 0 Å². The second-order valence-corrected chi connectivity index (χ2v) is 7.21. The number of halogens is 1. The number of nitrogens with zero attached hydrogens (tertiary/aromatic N) is 2. The summed E-state index contributed by atoms with van der Waals surface area (Å²) in [6, 6.07) is 21.7. The third kappa shape index (κ3) is 4.80. The fourth-order valence-corrected chi connectivity index (χ4v) is 3.76. The first-order valence-electron chi connectivity index (χ1n) is 9.86. The summed E-state index contributed by atoms with van der Waals surface area (Å²) in [5, 5.41) is 0. The van der Waals surface area contributed by atoms with Crippen molar-refractivity contribution >= 4 is 5.91 Å². The molecule has 0 unspecified atom stereocenters. The van der Waals surface area contributed by atoms with Crippen LogP contribution in [-0.4, -0.2) is 28.9 Å². The lowest BCUT2D eigenvalue weighted by Gasteiger charge is -2.24. The first-order chi connectivity index (χ1) is 14.2. The van der Waals surface area contributed by atoms with Gasteiger partial charge in [0.25, 0.3) is 5.91 Å². The molecule has 1 aromatic heterocycles. The van der Waals surface area contributed by atoms with Gasteiger partial charge >= 0.3 is 0 Å². The Morgan fingerprint density at radius 2 is 1.90 bits per heavy atom. The van der Waals surface area contributed by atoms with Crippen molar-refractivity contribution in [1.82, 2.24) is 9.88 Å². The monoisotopic (exact) mass is 390 g/mol. The van der Waals surface area contributed by atoms with Gasteiger partial charge in [0.2, 0.25) is 0 Å². The fourth-order valence-electron chi connectivity index (χ4n) is 3.76. The van der Waals surface area contributed by atoms with Gasteiger partial charge in [0, 0.05) is 18.7 Å². The standard InChI is InChI=1S/C24H23FN2O2/c25-19-8-4-7-18(15-19)16-20-9-5-12-22(26-20)23-13-6-14-27(23)24(28)17-29-21-10-2-1-3-11-21/h1-5,7-12,15,23H,6,13-14,16-17H2/t23-/m0/s1. The normalized spacial score (nSPS) is 16.0. The molecule has 3 aromatic rings. The maximum absolute atomic E-state index is 13.5. The molecule has 2 aromatic carbocycles. The molecule has 1 aliphatic heterocycles. The van der Waals surface area contributed by atoms with E-state index in [1.165, 1.54) is 12.1 Å². The molecule has 0 saturated carbocycles. The number of likely N-dealkylation sites (tertiary alicyclic amines) is 1. The van der Waals surface area contributed by atoms with E-state index in [2.05, 4.69) is 0 Å². The molecule has 0 spiro atoms. The van der Waals surface area contributed by atoms with Gasteiger partial charge in [0.15, 0.2) is 6.61 Å². The molecule has 1 atom stereocenters. The van der Waals surface area contributed by atoms with E-state index >= 15 is 0 Å². The van der Waals surface area contributed by atoms with E-state index in [1.807, 2.05) is 59.5 Å². The smallest absolute Gasteiger partial charge is 0.261 e. The van der Waals surface area contributed by atoms with Crippen molar-refractivity contribution in [3.8, 4) is 5.75 Å². The molecule has 0 N–H and O–H groups in total. The number of ether oxygens (including phenoxy) is 1. The van der Waals surface area contributed by atoms with E-state index in [0.717, 1.165) is 29.8 Å². The van der Waals surface area contributed by atoms with Crippen LogP contribution in [0.2, 0.25) is 0 Å². The number of rotatable bonds is 6. The molecule has 1 amide bonds. The predicted octanol–water partition coefficient (Wildman–Crippen LogP) is 4.55. The van der Waals surface area contributed by atoms with Crippen LogP contribution in [0, 0.1) is 5.82 Å². The number of hydrogen-bond acceptors (Lipinski definition) is 3. The Balaban J connectivity index is 1.44. The molecule has 1 aliphatic rings. The van der Waals surface area contributed by atoms with Crippen molar-refractivity contribution in [2.24, 2.45) is 0 Å². The van der Waals surface area contributed by atoms with Gasteiger partial charge in [-0.15, -0.1) is 0 Å². The van der Waals surface area contributed by atoms with Crippen LogP contribution in [0.5, 0.6) is 5.75 Å². The van der Waals surface area contributed by atoms with Gasteiger partial charge in [-0.25, -0.2) is 4.39 Å². The molecule has 1 saturated heterocycles. The fraction of sp³-hybridized carbons (Fsp3) is 0.250. The van der Waals surface area contributed by atoms with Crippen molar-refractivity contribution in [2.75, 3.05) is 13.2 Å². The van der Waals surface area contributed by atoms with Crippen LogP contribution in [0.3, 0.4) is 0 Å². The van der Waals surface area contributed by atoms with Crippen LogP contribution in [-0.2, 0) is 11.2 Å². The van der Waals surface area contributed by atoms with Crippen LogP contribution in [0.4, 0.5) is 4.39 Å². The Hall–Kier alpha value is -3.21. The number of carbonyl (C=O) groups excluding carboxylic acids is 1. The van der Waals surface area contributed by atoms with Gasteiger partial charge in [-0.05, 0) is 54.8 Å². The van der Waals surface area contributed by atoms with Crippen molar-refractivity contribution in [1.29, 1.82) is 0 Å². The lowest BCUT2D eigenvalue weighted by Crippen LogP contribution is -2.34. The van der Waals surface area contributed by atoms with E-state index in [-0.39, 0.29) is 24.4 Å². The largest absolute Gasteiger partial charge is 0.484 e. The summed E-state index contributed by atoms with van der Waals surface area (Å²) in [7, 11) is 0. The third-order valence-electron chi connectivity index (χ3n) is 5.12. The molecule has 29 heavy (non-hydrogen) atoms. The number of aromatic nitrogens is 1. The lowest BCUT2D eigenvalue weighted by atomic mass is 10.1. The van der Waals surface area contributed by atoms with Crippen LogP contribution in [0.15, 0.2) is 72.8 Å². The second kappa shape index (κ2) is 8.86. The van der Waals surface area contributed by atoms with Gasteiger partial charge in [-0.1, -0.05) is 36.4 Å². The summed E-state index contributed by atoms with van der Waals surface area (Å²) in [5.74, 6) is 0.408. The quantitative estimate of drug-likeness (QED) is 0.620. The van der Waals surface area contributed by atoms with Gasteiger partial charge in [-0.2, -0.15) is 0 Å².